The second kappa shape index (κ2) is 7.19. The fraction of sp³-hybridized carbons (Fsp3) is 0.0769. The van der Waals surface area contributed by atoms with Gasteiger partial charge in [0, 0.05) is 11.1 Å². The maximum Gasteiger partial charge on any atom is 0.263 e. The Morgan fingerprint density at radius 1 is 0.968 bits per heavy atom. The molecule has 0 saturated heterocycles. The fourth-order valence-electron chi connectivity index (χ4n) is 4.19. The van der Waals surface area contributed by atoms with Gasteiger partial charge in [0.25, 0.3) is 5.56 Å². The Labute approximate surface area is 179 Å². The van der Waals surface area contributed by atoms with Crippen molar-refractivity contribution < 1.29 is 4.74 Å². The normalized spacial score (nSPS) is 15.3. The SMILES string of the molecule is Cc1ccc(C2C(C#N)=C(N)Oc3c2c(=O)n(-c2ccccc2)c2ccccc32)cc1. The number of aryl methyl sites for hydroxylation is 1. The first-order valence-corrected chi connectivity index (χ1v) is 9.97. The van der Waals surface area contributed by atoms with Crippen LogP contribution >= 0.6 is 0 Å². The van der Waals surface area contributed by atoms with E-state index in [2.05, 4.69) is 6.07 Å². The number of nitrogens with two attached hydrogens (primary N) is 1. The summed E-state index contributed by atoms with van der Waals surface area (Å²) in [5.74, 6) is -0.168. The van der Waals surface area contributed by atoms with E-state index in [0.29, 0.717) is 16.8 Å². The van der Waals surface area contributed by atoms with Crippen molar-refractivity contribution >= 4 is 10.9 Å². The topological polar surface area (TPSA) is 81.0 Å². The molecule has 1 atom stereocenters. The Morgan fingerprint density at radius 2 is 1.65 bits per heavy atom. The molecule has 3 aromatic carbocycles. The molecule has 1 unspecified atom stereocenters. The van der Waals surface area contributed by atoms with E-state index in [9.17, 15) is 10.1 Å². The molecule has 2 heterocycles. The van der Waals surface area contributed by atoms with E-state index in [1.165, 1.54) is 0 Å². The third-order valence-corrected chi connectivity index (χ3v) is 5.67. The van der Waals surface area contributed by atoms with Gasteiger partial charge in [-0.05, 0) is 36.8 Å². The van der Waals surface area contributed by atoms with Crippen molar-refractivity contribution in [2.75, 3.05) is 0 Å². The summed E-state index contributed by atoms with van der Waals surface area (Å²) in [5.41, 5.74) is 9.97. The Balaban J connectivity index is 1.92. The number of fused-ring (bicyclic) bond motifs is 3. The van der Waals surface area contributed by atoms with Crippen LogP contribution in [0.2, 0.25) is 0 Å². The van der Waals surface area contributed by atoms with Gasteiger partial charge in [0.1, 0.15) is 17.4 Å². The van der Waals surface area contributed by atoms with Gasteiger partial charge in [0.05, 0.1) is 17.0 Å². The molecular weight excluding hydrogens is 386 g/mol. The third-order valence-electron chi connectivity index (χ3n) is 5.67. The summed E-state index contributed by atoms with van der Waals surface area (Å²) in [6.45, 7) is 1.99. The van der Waals surface area contributed by atoms with Gasteiger partial charge in [-0.15, -0.1) is 0 Å². The fourth-order valence-corrected chi connectivity index (χ4v) is 4.19. The van der Waals surface area contributed by atoms with Crippen LogP contribution in [0.4, 0.5) is 0 Å². The molecule has 2 N–H and O–H groups in total. The molecule has 0 spiro atoms. The average Bonchev–Trinajstić information content (AvgIpc) is 2.80. The maximum absolute atomic E-state index is 14.0. The summed E-state index contributed by atoms with van der Waals surface area (Å²) >= 11 is 0. The number of para-hydroxylation sites is 2. The van der Waals surface area contributed by atoms with Crippen LogP contribution in [0.5, 0.6) is 5.75 Å². The summed E-state index contributed by atoms with van der Waals surface area (Å²) < 4.78 is 7.59. The number of benzene rings is 3. The van der Waals surface area contributed by atoms with Crippen LogP contribution in [0, 0.1) is 18.3 Å². The van der Waals surface area contributed by atoms with Crippen LogP contribution in [-0.2, 0) is 0 Å². The standard InChI is InChI=1S/C26H19N3O2/c1-16-11-13-17(14-12-16)22-20(15-27)25(28)31-24-19-9-5-6-10-21(19)29(26(30)23(22)24)18-7-3-2-4-8-18/h2-14,22H,28H2,1H3. The van der Waals surface area contributed by atoms with E-state index in [1.54, 1.807) is 4.57 Å². The molecule has 0 saturated carbocycles. The van der Waals surface area contributed by atoms with Gasteiger partial charge >= 0.3 is 0 Å². The number of nitriles is 1. The summed E-state index contributed by atoms with van der Waals surface area (Å²) in [6.07, 6.45) is 0. The van der Waals surface area contributed by atoms with Crippen LogP contribution in [0.15, 0.2) is 95.1 Å². The Hall–Kier alpha value is -4.30. The molecule has 4 aromatic rings. The van der Waals surface area contributed by atoms with Crippen LogP contribution in [-0.4, -0.2) is 4.57 Å². The lowest BCUT2D eigenvalue weighted by Gasteiger charge is -2.28. The van der Waals surface area contributed by atoms with Gasteiger partial charge in [-0.25, -0.2) is 0 Å². The highest BCUT2D eigenvalue weighted by Crippen LogP contribution is 2.43. The average molecular weight is 405 g/mol. The molecule has 1 aliphatic rings. The van der Waals surface area contributed by atoms with Crippen molar-refractivity contribution in [3.63, 3.8) is 0 Å². The molecule has 5 nitrogen and oxygen atoms in total. The molecule has 0 radical (unpaired) electrons. The maximum atomic E-state index is 14.0. The van der Waals surface area contributed by atoms with E-state index in [0.717, 1.165) is 22.2 Å². The van der Waals surface area contributed by atoms with Gasteiger partial charge in [-0.3, -0.25) is 9.36 Å². The Bertz CT molecular complexity index is 1440. The monoisotopic (exact) mass is 405 g/mol. The molecule has 1 aliphatic heterocycles. The lowest BCUT2D eigenvalue weighted by atomic mass is 9.83. The predicted octanol–water partition coefficient (Wildman–Crippen LogP) is 4.52. The zero-order chi connectivity index (χ0) is 21.5. The van der Waals surface area contributed by atoms with Crippen LogP contribution < -0.4 is 16.0 Å². The van der Waals surface area contributed by atoms with Gasteiger partial charge < -0.3 is 10.5 Å². The number of aromatic nitrogens is 1. The first-order chi connectivity index (χ1) is 15.1. The summed E-state index contributed by atoms with van der Waals surface area (Å²) in [6, 6.07) is 27.0. The zero-order valence-corrected chi connectivity index (χ0v) is 16.9. The number of allylic oxidation sites excluding steroid dienone is 1. The summed E-state index contributed by atoms with van der Waals surface area (Å²) in [4.78, 5) is 14.0. The second-order valence-corrected chi connectivity index (χ2v) is 7.57. The molecular formula is C26H19N3O2. The van der Waals surface area contributed by atoms with Crippen molar-refractivity contribution in [3.05, 3.63) is 117 Å². The van der Waals surface area contributed by atoms with Gasteiger partial charge in [-0.2, -0.15) is 5.26 Å². The van der Waals surface area contributed by atoms with E-state index in [1.807, 2.05) is 85.8 Å². The summed E-state index contributed by atoms with van der Waals surface area (Å²) in [7, 11) is 0. The first kappa shape index (κ1) is 18.7. The molecule has 5 rings (SSSR count). The quantitative estimate of drug-likeness (QED) is 0.532. The second-order valence-electron chi connectivity index (χ2n) is 7.57. The zero-order valence-electron chi connectivity index (χ0n) is 16.9. The smallest absolute Gasteiger partial charge is 0.263 e. The minimum Gasteiger partial charge on any atom is -0.439 e. The summed E-state index contributed by atoms with van der Waals surface area (Å²) in [5, 5.41) is 10.6. The highest BCUT2D eigenvalue weighted by molar-refractivity contribution is 5.89. The number of hydrogen-bond acceptors (Lipinski definition) is 4. The predicted molar refractivity (Wildman–Crippen MR) is 120 cm³/mol. The molecule has 1 aromatic heterocycles. The van der Waals surface area contributed by atoms with Gasteiger partial charge in [0.15, 0.2) is 0 Å². The van der Waals surface area contributed by atoms with E-state index in [4.69, 9.17) is 10.5 Å². The molecule has 5 heteroatoms. The third kappa shape index (κ3) is 2.89. The molecule has 150 valence electrons. The number of pyridine rings is 1. The molecule has 0 amide bonds. The van der Waals surface area contributed by atoms with Crippen molar-refractivity contribution in [2.45, 2.75) is 12.8 Å². The van der Waals surface area contributed by atoms with E-state index >= 15 is 0 Å². The molecule has 0 aliphatic carbocycles. The minimum absolute atomic E-state index is 0.0302. The van der Waals surface area contributed by atoms with Gasteiger partial charge in [0.2, 0.25) is 5.88 Å². The first-order valence-electron chi connectivity index (χ1n) is 9.97. The highest BCUT2D eigenvalue weighted by Gasteiger charge is 2.35. The largest absolute Gasteiger partial charge is 0.439 e. The number of nitrogens with zero attached hydrogens (tertiary/aromatic N) is 2. The van der Waals surface area contributed by atoms with E-state index in [-0.39, 0.29) is 17.0 Å². The van der Waals surface area contributed by atoms with Crippen LogP contribution in [0.25, 0.3) is 16.6 Å². The number of rotatable bonds is 2. The van der Waals surface area contributed by atoms with E-state index < -0.39 is 5.92 Å². The van der Waals surface area contributed by atoms with Crippen LogP contribution in [0.1, 0.15) is 22.6 Å². The van der Waals surface area contributed by atoms with Crippen molar-refractivity contribution in [3.8, 4) is 17.5 Å². The minimum atomic E-state index is -0.610. The molecule has 0 bridgehead atoms. The van der Waals surface area contributed by atoms with Gasteiger partial charge in [-0.1, -0.05) is 60.2 Å². The molecule has 31 heavy (non-hydrogen) atoms. The van der Waals surface area contributed by atoms with Crippen molar-refractivity contribution in [1.29, 1.82) is 5.26 Å². The Morgan fingerprint density at radius 3 is 2.35 bits per heavy atom. The van der Waals surface area contributed by atoms with Crippen LogP contribution in [0.3, 0.4) is 0 Å². The number of ether oxygens (including phenoxy) is 1. The highest BCUT2D eigenvalue weighted by atomic mass is 16.5. The Kier molecular flexibility index (Phi) is 4.34. The van der Waals surface area contributed by atoms with Crippen molar-refractivity contribution in [2.24, 2.45) is 5.73 Å². The lowest BCUT2D eigenvalue weighted by Crippen LogP contribution is -2.31. The lowest BCUT2D eigenvalue weighted by molar-refractivity contribution is 0.396. The number of hydrogen-bond donors (Lipinski definition) is 1. The molecule has 0 fully saturated rings. The van der Waals surface area contributed by atoms with Crippen molar-refractivity contribution in [1.82, 2.24) is 4.57 Å².